The van der Waals surface area contributed by atoms with Gasteiger partial charge in [-0.1, -0.05) is 0 Å². The van der Waals surface area contributed by atoms with E-state index in [0.717, 1.165) is 19.3 Å². The summed E-state index contributed by atoms with van der Waals surface area (Å²) in [7, 11) is 1.47. The minimum Gasteiger partial charge on any atom is -0.496 e. The molecule has 0 heterocycles. The predicted molar refractivity (Wildman–Crippen MR) is 69.1 cm³/mol. The van der Waals surface area contributed by atoms with Crippen LogP contribution in [0.15, 0.2) is 18.2 Å². The lowest BCUT2D eigenvalue weighted by atomic mass is 10.2. The van der Waals surface area contributed by atoms with Crippen molar-refractivity contribution in [3.63, 3.8) is 0 Å². The van der Waals surface area contributed by atoms with Crippen molar-refractivity contribution in [2.45, 2.75) is 19.3 Å². The highest BCUT2D eigenvalue weighted by atomic mass is 16.6. The number of nitro groups is 1. The van der Waals surface area contributed by atoms with Gasteiger partial charge in [0.1, 0.15) is 11.4 Å². The van der Waals surface area contributed by atoms with Gasteiger partial charge in [0, 0.05) is 13.2 Å². The first-order chi connectivity index (χ1) is 8.69. The lowest BCUT2D eigenvalue weighted by molar-refractivity contribution is -0.384. The lowest BCUT2D eigenvalue weighted by Gasteiger charge is -2.08. The van der Waals surface area contributed by atoms with Gasteiger partial charge >= 0.3 is 0 Å². The quantitative estimate of drug-likeness (QED) is 0.422. The zero-order valence-corrected chi connectivity index (χ0v) is 10.4. The van der Waals surface area contributed by atoms with Crippen LogP contribution >= 0.6 is 0 Å². The fourth-order valence-corrected chi connectivity index (χ4v) is 1.58. The summed E-state index contributed by atoms with van der Waals surface area (Å²) in [6, 6.07) is 4.72. The number of nitrogens with zero attached hydrogens (tertiary/aromatic N) is 1. The SMILES string of the molecule is COc1ccc(NCCCCCO)c([N+](=O)[O-])c1. The molecule has 18 heavy (non-hydrogen) atoms. The molecule has 1 aromatic carbocycles. The average molecular weight is 254 g/mol. The number of aliphatic hydroxyl groups is 1. The predicted octanol–water partition coefficient (Wildman–Crippen LogP) is 2.18. The van der Waals surface area contributed by atoms with Crippen molar-refractivity contribution in [1.82, 2.24) is 0 Å². The second kappa shape index (κ2) is 7.50. The molecule has 0 fully saturated rings. The second-order valence-corrected chi connectivity index (χ2v) is 3.85. The maximum atomic E-state index is 10.9. The monoisotopic (exact) mass is 254 g/mol. The number of hydrogen-bond donors (Lipinski definition) is 2. The molecule has 0 unspecified atom stereocenters. The van der Waals surface area contributed by atoms with Crippen LogP contribution in [0.2, 0.25) is 0 Å². The lowest BCUT2D eigenvalue weighted by Crippen LogP contribution is -2.04. The van der Waals surface area contributed by atoms with Crippen LogP contribution in [0.1, 0.15) is 19.3 Å². The van der Waals surface area contributed by atoms with E-state index in [4.69, 9.17) is 9.84 Å². The number of ether oxygens (including phenoxy) is 1. The molecule has 0 amide bonds. The van der Waals surface area contributed by atoms with Gasteiger partial charge in [0.25, 0.3) is 5.69 Å². The number of methoxy groups -OCH3 is 1. The van der Waals surface area contributed by atoms with Crippen LogP contribution in [0, 0.1) is 10.1 Å². The molecular formula is C12H18N2O4. The van der Waals surface area contributed by atoms with Crippen LogP contribution < -0.4 is 10.1 Å². The summed E-state index contributed by atoms with van der Waals surface area (Å²) in [6.07, 6.45) is 2.52. The molecule has 1 aromatic rings. The van der Waals surface area contributed by atoms with Gasteiger partial charge in [-0.25, -0.2) is 0 Å². The van der Waals surface area contributed by atoms with Gasteiger partial charge < -0.3 is 15.2 Å². The van der Waals surface area contributed by atoms with Gasteiger partial charge in [-0.15, -0.1) is 0 Å². The molecule has 0 atom stereocenters. The van der Waals surface area contributed by atoms with Crippen molar-refractivity contribution >= 4 is 11.4 Å². The molecule has 0 saturated heterocycles. The average Bonchev–Trinajstić information content (AvgIpc) is 2.38. The van der Waals surface area contributed by atoms with Gasteiger partial charge in [-0.2, -0.15) is 0 Å². The molecule has 0 aliphatic heterocycles. The molecule has 0 spiro atoms. The molecule has 0 aromatic heterocycles. The highest BCUT2D eigenvalue weighted by Gasteiger charge is 2.14. The third-order valence-electron chi connectivity index (χ3n) is 2.55. The zero-order valence-electron chi connectivity index (χ0n) is 10.4. The Balaban J connectivity index is 2.61. The zero-order chi connectivity index (χ0) is 13.4. The van der Waals surface area contributed by atoms with E-state index >= 15 is 0 Å². The van der Waals surface area contributed by atoms with Crippen molar-refractivity contribution in [3.05, 3.63) is 28.3 Å². The second-order valence-electron chi connectivity index (χ2n) is 3.85. The summed E-state index contributed by atoms with van der Waals surface area (Å²) in [4.78, 5) is 10.5. The van der Waals surface area contributed by atoms with Crippen LogP contribution in [0.3, 0.4) is 0 Å². The Morgan fingerprint density at radius 3 is 2.78 bits per heavy atom. The van der Waals surface area contributed by atoms with E-state index in [1.165, 1.54) is 13.2 Å². The van der Waals surface area contributed by atoms with E-state index in [0.29, 0.717) is 18.0 Å². The maximum Gasteiger partial charge on any atom is 0.296 e. The van der Waals surface area contributed by atoms with E-state index in [2.05, 4.69) is 5.32 Å². The van der Waals surface area contributed by atoms with Crippen molar-refractivity contribution in [1.29, 1.82) is 0 Å². The van der Waals surface area contributed by atoms with Gasteiger partial charge in [-0.05, 0) is 31.4 Å². The first-order valence-corrected chi connectivity index (χ1v) is 5.86. The van der Waals surface area contributed by atoms with Crippen molar-refractivity contribution in [2.24, 2.45) is 0 Å². The summed E-state index contributed by atoms with van der Waals surface area (Å²) in [5.41, 5.74) is 0.501. The number of rotatable bonds is 8. The smallest absolute Gasteiger partial charge is 0.296 e. The molecule has 100 valence electrons. The summed E-state index contributed by atoms with van der Waals surface area (Å²) in [6.45, 7) is 0.829. The highest BCUT2D eigenvalue weighted by Crippen LogP contribution is 2.28. The Kier molecular flexibility index (Phi) is 5.93. The van der Waals surface area contributed by atoms with Gasteiger partial charge in [0.2, 0.25) is 0 Å². The third kappa shape index (κ3) is 4.21. The maximum absolute atomic E-state index is 10.9. The Morgan fingerprint density at radius 2 is 2.17 bits per heavy atom. The molecule has 0 aliphatic rings. The van der Waals surface area contributed by atoms with E-state index in [1.54, 1.807) is 12.1 Å². The van der Waals surface area contributed by atoms with Gasteiger partial charge in [0.05, 0.1) is 18.1 Å². The number of unbranched alkanes of at least 4 members (excludes halogenated alkanes) is 2. The van der Waals surface area contributed by atoms with Crippen molar-refractivity contribution in [2.75, 3.05) is 25.6 Å². The number of benzene rings is 1. The normalized spacial score (nSPS) is 10.1. The Labute approximate surface area is 106 Å². The Morgan fingerprint density at radius 1 is 1.39 bits per heavy atom. The molecule has 6 heteroatoms. The molecule has 1 rings (SSSR count). The van der Waals surface area contributed by atoms with Crippen LogP contribution in [-0.2, 0) is 0 Å². The number of aliphatic hydroxyl groups excluding tert-OH is 1. The van der Waals surface area contributed by atoms with Gasteiger partial charge in [0.15, 0.2) is 0 Å². The van der Waals surface area contributed by atoms with Crippen LogP contribution in [0.25, 0.3) is 0 Å². The van der Waals surface area contributed by atoms with E-state index in [-0.39, 0.29) is 12.3 Å². The summed E-state index contributed by atoms with van der Waals surface area (Å²) in [5.74, 6) is 0.465. The summed E-state index contributed by atoms with van der Waals surface area (Å²) >= 11 is 0. The number of nitro benzene ring substituents is 1. The number of anilines is 1. The van der Waals surface area contributed by atoms with E-state index in [1.807, 2.05) is 0 Å². The molecular weight excluding hydrogens is 236 g/mol. The molecule has 0 bridgehead atoms. The first kappa shape index (κ1) is 14.2. The highest BCUT2D eigenvalue weighted by molar-refractivity contribution is 5.63. The Bertz CT molecular complexity index is 396. The van der Waals surface area contributed by atoms with Gasteiger partial charge in [-0.3, -0.25) is 10.1 Å². The molecule has 0 radical (unpaired) electrons. The van der Waals surface area contributed by atoms with Crippen LogP contribution in [0.5, 0.6) is 5.75 Å². The number of nitrogens with one attached hydrogen (secondary N) is 1. The van der Waals surface area contributed by atoms with Crippen molar-refractivity contribution < 1.29 is 14.8 Å². The summed E-state index contributed by atoms with van der Waals surface area (Å²) in [5, 5.41) is 22.6. The van der Waals surface area contributed by atoms with E-state index < -0.39 is 4.92 Å². The van der Waals surface area contributed by atoms with E-state index in [9.17, 15) is 10.1 Å². The number of hydrogen-bond acceptors (Lipinski definition) is 5. The molecule has 2 N–H and O–H groups in total. The molecule has 0 aliphatic carbocycles. The van der Waals surface area contributed by atoms with Crippen molar-refractivity contribution in [3.8, 4) is 5.75 Å². The minimum atomic E-state index is -0.432. The van der Waals surface area contributed by atoms with Crippen LogP contribution in [-0.4, -0.2) is 30.3 Å². The van der Waals surface area contributed by atoms with Crippen LogP contribution in [0.4, 0.5) is 11.4 Å². The topological polar surface area (TPSA) is 84.6 Å². The standard InChI is InChI=1S/C12H18N2O4/c1-18-10-5-6-11(12(9-10)14(16)17)13-7-3-2-4-8-15/h5-6,9,13,15H,2-4,7-8H2,1H3. The minimum absolute atomic E-state index is 0.0107. The summed E-state index contributed by atoms with van der Waals surface area (Å²) < 4.78 is 4.96. The first-order valence-electron chi connectivity index (χ1n) is 5.86. The largest absolute Gasteiger partial charge is 0.496 e. The fraction of sp³-hybridized carbons (Fsp3) is 0.500. The molecule has 6 nitrogen and oxygen atoms in total. The third-order valence-corrected chi connectivity index (χ3v) is 2.55. The molecule has 0 saturated carbocycles. The Hall–Kier alpha value is -1.82. The fourth-order valence-electron chi connectivity index (χ4n) is 1.58.